The Balaban J connectivity index is 2.30. The molecule has 1 aromatic carbocycles. The molecule has 0 bridgehead atoms. The lowest BCUT2D eigenvalue weighted by molar-refractivity contribution is 0.252. The summed E-state index contributed by atoms with van der Waals surface area (Å²) in [7, 11) is -3.99. The van der Waals surface area contributed by atoms with Gasteiger partial charge in [-0.25, -0.2) is 0 Å². The summed E-state index contributed by atoms with van der Waals surface area (Å²) in [6.45, 7) is 0. The van der Waals surface area contributed by atoms with E-state index in [4.69, 9.17) is 5.73 Å². The molecular weight excluding hydrogens is 330 g/mol. The van der Waals surface area contributed by atoms with Crippen molar-refractivity contribution in [3.63, 3.8) is 0 Å². The van der Waals surface area contributed by atoms with Crippen molar-refractivity contribution in [2.75, 3.05) is 10.5 Å². The van der Waals surface area contributed by atoms with Gasteiger partial charge in [-0.3, -0.25) is 4.72 Å². The highest BCUT2D eigenvalue weighted by Crippen LogP contribution is 2.33. The first-order chi connectivity index (χ1) is 9.38. The van der Waals surface area contributed by atoms with E-state index < -0.39 is 15.8 Å². The highest BCUT2D eigenvalue weighted by Gasteiger charge is 2.21. The summed E-state index contributed by atoms with van der Waals surface area (Å²) >= 11 is 0.932. The van der Waals surface area contributed by atoms with Crippen LogP contribution < -0.4 is 10.5 Å². The van der Waals surface area contributed by atoms with Crippen LogP contribution in [0.1, 0.15) is 0 Å². The summed E-state index contributed by atoms with van der Waals surface area (Å²) in [6, 6.07) is 5.84. The molecule has 2 aromatic rings. The Hall–Kier alpha value is -1.46. The third-order valence-corrected chi connectivity index (χ3v) is 5.27. The van der Waals surface area contributed by atoms with E-state index in [0.717, 1.165) is 0 Å². The smallest absolute Gasteiger partial charge is 0.291 e. The van der Waals surface area contributed by atoms with E-state index >= 15 is 0 Å². The average molecular weight is 338 g/mol. The van der Waals surface area contributed by atoms with Crippen LogP contribution in [0.3, 0.4) is 0 Å². The van der Waals surface area contributed by atoms with Crippen molar-refractivity contribution < 1.29 is 17.2 Å². The molecule has 0 saturated carbocycles. The zero-order chi connectivity index (χ0) is 14.8. The summed E-state index contributed by atoms with van der Waals surface area (Å²) in [6.07, 6.45) is 0. The number of anilines is 2. The molecule has 1 aromatic heterocycles. The molecule has 0 aliphatic carbocycles. The van der Waals surface area contributed by atoms with Crippen LogP contribution in [0.15, 0.2) is 33.5 Å². The third-order valence-electron chi connectivity index (χ3n) is 2.00. The minimum absolute atomic E-state index is 0.000570. The molecule has 0 aliphatic heterocycles. The number of nitrogens with one attached hydrogen (secondary N) is 1. The Bertz CT molecular complexity index is 705. The van der Waals surface area contributed by atoms with E-state index in [1.807, 2.05) is 0 Å². The molecule has 1 heterocycles. The lowest BCUT2D eigenvalue weighted by Crippen LogP contribution is -2.13. The summed E-state index contributed by atoms with van der Waals surface area (Å²) in [5.41, 5.74) is 5.36. The van der Waals surface area contributed by atoms with Gasteiger partial charge in [0.05, 0.1) is 5.69 Å². The van der Waals surface area contributed by atoms with Gasteiger partial charge in [-0.05, 0) is 12.1 Å². The van der Waals surface area contributed by atoms with Crippen LogP contribution in [0.2, 0.25) is 0 Å². The predicted octanol–water partition coefficient (Wildman–Crippen LogP) is 2.24. The van der Waals surface area contributed by atoms with Crippen molar-refractivity contribution in [1.29, 1.82) is 0 Å². The van der Waals surface area contributed by atoms with Crippen LogP contribution in [-0.4, -0.2) is 24.4 Å². The highest BCUT2D eigenvalue weighted by atomic mass is 32.2. The molecule has 0 atom stereocenters. The van der Waals surface area contributed by atoms with E-state index in [9.17, 15) is 17.2 Å². The molecule has 0 unspecified atom stereocenters. The Labute approximate surface area is 121 Å². The van der Waals surface area contributed by atoms with Gasteiger partial charge < -0.3 is 5.73 Å². The average Bonchev–Trinajstić information content (AvgIpc) is 2.78. The molecule has 0 amide bonds. The molecule has 0 spiro atoms. The normalized spacial score (nSPS) is 11.8. The number of sulfonamides is 1. The first-order valence-corrected chi connectivity index (χ1v) is 8.22. The molecule has 2 rings (SSSR count). The number of para-hydroxylation sites is 1. The summed E-state index contributed by atoms with van der Waals surface area (Å²) in [5.74, 6) is -2.65. The van der Waals surface area contributed by atoms with E-state index in [1.54, 1.807) is 0 Å². The second-order valence-electron chi connectivity index (χ2n) is 3.39. The SMILES string of the molecule is Nc1nnc(S(=O)(=O)Nc2ccccc2SC(F)F)s1. The zero-order valence-corrected chi connectivity index (χ0v) is 12.1. The minimum atomic E-state index is -3.99. The lowest BCUT2D eigenvalue weighted by Gasteiger charge is -2.10. The van der Waals surface area contributed by atoms with Gasteiger partial charge in [-0.1, -0.05) is 35.2 Å². The van der Waals surface area contributed by atoms with Crippen LogP contribution in [0.4, 0.5) is 19.6 Å². The van der Waals surface area contributed by atoms with E-state index in [0.29, 0.717) is 11.3 Å². The number of nitrogens with two attached hydrogens (primary N) is 1. The van der Waals surface area contributed by atoms with E-state index in [1.165, 1.54) is 24.3 Å². The maximum Gasteiger partial charge on any atom is 0.291 e. The molecule has 3 N–H and O–H groups in total. The zero-order valence-electron chi connectivity index (χ0n) is 9.66. The van der Waals surface area contributed by atoms with Crippen LogP contribution >= 0.6 is 23.1 Å². The number of hydrogen-bond acceptors (Lipinski definition) is 7. The predicted molar refractivity (Wildman–Crippen MR) is 73.4 cm³/mol. The quantitative estimate of drug-likeness (QED) is 0.811. The fourth-order valence-electron chi connectivity index (χ4n) is 1.27. The maximum absolute atomic E-state index is 12.4. The van der Waals surface area contributed by atoms with Crippen LogP contribution in [0, 0.1) is 0 Å². The maximum atomic E-state index is 12.4. The van der Waals surface area contributed by atoms with Gasteiger partial charge in [0.25, 0.3) is 20.1 Å². The highest BCUT2D eigenvalue weighted by molar-refractivity contribution is 8.00. The number of nitrogens with zero attached hydrogens (tertiary/aromatic N) is 2. The third kappa shape index (κ3) is 3.55. The van der Waals surface area contributed by atoms with Crippen molar-refractivity contribution in [2.24, 2.45) is 0 Å². The number of benzene rings is 1. The van der Waals surface area contributed by atoms with Gasteiger partial charge >= 0.3 is 0 Å². The largest absolute Gasteiger partial charge is 0.374 e. The lowest BCUT2D eigenvalue weighted by atomic mass is 10.3. The second-order valence-corrected chi connectivity index (χ2v) is 7.28. The van der Waals surface area contributed by atoms with Gasteiger partial charge in [0.2, 0.25) is 5.13 Å². The summed E-state index contributed by atoms with van der Waals surface area (Å²) < 4.78 is 50.7. The standard InChI is InChI=1S/C9H8F2N4O2S3/c10-7(11)18-6-4-2-1-3-5(6)15-20(16,17)9-14-13-8(12)19-9/h1-4,7,15H,(H2,12,13). The van der Waals surface area contributed by atoms with Gasteiger partial charge in [-0.2, -0.15) is 17.2 Å². The molecular formula is C9H8F2N4O2S3. The van der Waals surface area contributed by atoms with Crippen molar-refractivity contribution in [2.45, 2.75) is 15.0 Å². The molecule has 0 radical (unpaired) electrons. The number of halogens is 2. The number of nitrogen functional groups attached to an aromatic ring is 1. The van der Waals surface area contributed by atoms with Crippen LogP contribution in [-0.2, 0) is 10.0 Å². The Morgan fingerprint density at radius 2 is 2.00 bits per heavy atom. The molecule has 20 heavy (non-hydrogen) atoms. The Morgan fingerprint density at radius 3 is 2.60 bits per heavy atom. The Kier molecular flexibility index (Phi) is 4.40. The number of aromatic nitrogens is 2. The van der Waals surface area contributed by atoms with Crippen LogP contribution in [0.25, 0.3) is 0 Å². The van der Waals surface area contributed by atoms with Crippen molar-refractivity contribution in [3.8, 4) is 0 Å². The number of alkyl halides is 2. The molecule has 0 aliphatic rings. The van der Waals surface area contributed by atoms with Crippen molar-refractivity contribution in [3.05, 3.63) is 24.3 Å². The fraction of sp³-hybridized carbons (Fsp3) is 0.111. The van der Waals surface area contributed by atoms with Crippen molar-refractivity contribution in [1.82, 2.24) is 10.2 Å². The van der Waals surface area contributed by atoms with E-state index in [2.05, 4.69) is 14.9 Å². The summed E-state index contributed by atoms with van der Waals surface area (Å²) in [5, 5.41) is 6.81. The van der Waals surface area contributed by atoms with Gasteiger partial charge in [0.1, 0.15) is 0 Å². The molecule has 6 nitrogen and oxygen atoms in total. The van der Waals surface area contributed by atoms with Gasteiger partial charge in [0.15, 0.2) is 0 Å². The summed E-state index contributed by atoms with van der Waals surface area (Å²) in [4.78, 5) is 0.114. The monoisotopic (exact) mass is 338 g/mol. The fourth-order valence-corrected chi connectivity index (χ4v) is 3.79. The van der Waals surface area contributed by atoms with Gasteiger partial charge in [0, 0.05) is 4.90 Å². The first kappa shape index (κ1) is 14.9. The van der Waals surface area contributed by atoms with Gasteiger partial charge in [-0.15, -0.1) is 10.2 Å². The minimum Gasteiger partial charge on any atom is -0.374 e. The van der Waals surface area contributed by atoms with Crippen LogP contribution in [0.5, 0.6) is 0 Å². The molecule has 11 heteroatoms. The topological polar surface area (TPSA) is 98.0 Å². The van der Waals surface area contributed by atoms with E-state index in [-0.39, 0.29) is 31.8 Å². The molecule has 0 fully saturated rings. The number of thioether (sulfide) groups is 1. The second kappa shape index (κ2) is 5.89. The molecule has 0 saturated heterocycles. The molecule has 108 valence electrons. The number of rotatable bonds is 5. The number of hydrogen-bond donors (Lipinski definition) is 2. The van der Waals surface area contributed by atoms with Crippen molar-refractivity contribution >= 4 is 43.9 Å². The Morgan fingerprint density at radius 1 is 1.30 bits per heavy atom. The first-order valence-electron chi connectivity index (χ1n) is 5.04.